The van der Waals surface area contributed by atoms with E-state index in [4.69, 9.17) is 11.6 Å². The molecule has 2 aromatic heterocycles. The Morgan fingerprint density at radius 1 is 1.12 bits per heavy atom. The van der Waals surface area contributed by atoms with E-state index < -0.39 is 18.5 Å². The molecule has 1 aromatic carbocycles. The summed E-state index contributed by atoms with van der Waals surface area (Å²) in [5.74, 6) is 1.24. The molecule has 1 saturated heterocycles. The molecule has 0 bridgehead atoms. The summed E-state index contributed by atoms with van der Waals surface area (Å²) >= 11 is 6.17. The predicted octanol–water partition coefficient (Wildman–Crippen LogP) is 4.11. The smallest absolute Gasteiger partial charge is 0.353 e. The Morgan fingerprint density at radius 3 is 2.65 bits per heavy atom. The van der Waals surface area contributed by atoms with E-state index in [1.807, 2.05) is 15.5 Å². The number of nitrogens with zero attached hydrogens (tertiary/aromatic N) is 7. The van der Waals surface area contributed by atoms with Crippen LogP contribution in [-0.2, 0) is 13.1 Å². The van der Waals surface area contributed by atoms with E-state index in [-0.39, 0.29) is 24.4 Å². The first-order chi connectivity index (χ1) is 16.2. The first-order valence-corrected chi connectivity index (χ1v) is 11.3. The highest BCUT2D eigenvalue weighted by Crippen LogP contribution is 2.56. The van der Waals surface area contributed by atoms with Crippen molar-refractivity contribution in [2.24, 2.45) is 5.41 Å². The number of fused-ring (bicyclic) bond motifs is 3. The van der Waals surface area contributed by atoms with Crippen molar-refractivity contribution in [3.8, 4) is 5.69 Å². The van der Waals surface area contributed by atoms with Gasteiger partial charge in [-0.15, -0.1) is 10.2 Å². The van der Waals surface area contributed by atoms with Crippen molar-refractivity contribution in [2.45, 2.75) is 38.0 Å². The zero-order chi connectivity index (χ0) is 23.7. The second-order valence-electron chi connectivity index (χ2n) is 9.50. The summed E-state index contributed by atoms with van der Waals surface area (Å²) in [6.45, 7) is 0.515. The van der Waals surface area contributed by atoms with Crippen LogP contribution in [0.1, 0.15) is 36.0 Å². The molecular weight excluding hydrogens is 474 g/mol. The molecule has 2 fully saturated rings. The molecule has 0 unspecified atom stereocenters. The van der Waals surface area contributed by atoms with Gasteiger partial charge in [-0.05, 0) is 36.6 Å². The maximum atomic E-state index is 14.0. The van der Waals surface area contributed by atoms with Crippen LogP contribution in [0.4, 0.5) is 23.4 Å². The van der Waals surface area contributed by atoms with Crippen LogP contribution in [0.3, 0.4) is 0 Å². The third-order valence-corrected chi connectivity index (χ3v) is 7.16. The number of halogens is 5. The number of rotatable bonds is 3. The van der Waals surface area contributed by atoms with Crippen LogP contribution in [0.5, 0.6) is 0 Å². The fraction of sp³-hybridized carbons (Fsp3) is 0.455. The van der Waals surface area contributed by atoms with Crippen molar-refractivity contribution in [2.75, 3.05) is 24.5 Å². The van der Waals surface area contributed by atoms with E-state index in [9.17, 15) is 17.6 Å². The highest BCUT2D eigenvalue weighted by Gasteiger charge is 2.55. The second kappa shape index (κ2) is 7.61. The Labute approximate surface area is 197 Å². The maximum absolute atomic E-state index is 14.0. The lowest BCUT2D eigenvalue weighted by molar-refractivity contribution is -0.148. The van der Waals surface area contributed by atoms with E-state index in [0.29, 0.717) is 35.3 Å². The number of alkyl halides is 3. The summed E-state index contributed by atoms with van der Waals surface area (Å²) in [5, 5.41) is 9.16. The third kappa shape index (κ3) is 3.70. The van der Waals surface area contributed by atoms with Gasteiger partial charge in [0.25, 0.3) is 0 Å². The fourth-order valence-corrected chi connectivity index (χ4v) is 5.79. The SMILES string of the molecule is Fc1cncnc1N1CC2(CC(c3nnc4n3-c3ccc(Cl)cc3CN(CC(F)(F)F)C4)C2)C1. The van der Waals surface area contributed by atoms with Gasteiger partial charge in [0.15, 0.2) is 17.5 Å². The standard InChI is InChI=1S/C22H20ClF4N7/c23-15-1-2-17-13(3-15)7-32(11-22(25,26)27)8-18-30-31-19(34(17)18)14-4-21(5-14)9-33(10-21)20-16(24)6-28-12-29-20/h1-3,6,12,14H,4-5,7-11H2. The van der Waals surface area contributed by atoms with Crippen molar-refractivity contribution >= 4 is 17.4 Å². The Hall–Kier alpha value is -2.79. The lowest BCUT2D eigenvalue weighted by Crippen LogP contribution is -2.62. The first-order valence-electron chi connectivity index (χ1n) is 10.9. The monoisotopic (exact) mass is 493 g/mol. The molecular formula is C22H20ClF4N7. The average molecular weight is 494 g/mol. The van der Waals surface area contributed by atoms with Gasteiger partial charge in [-0.1, -0.05) is 11.6 Å². The highest BCUT2D eigenvalue weighted by atomic mass is 35.5. The van der Waals surface area contributed by atoms with E-state index in [1.54, 1.807) is 12.1 Å². The number of hydrogen-bond donors (Lipinski definition) is 0. The minimum atomic E-state index is -4.32. The molecule has 0 amide bonds. The van der Waals surface area contributed by atoms with Gasteiger partial charge in [0.2, 0.25) is 0 Å². The van der Waals surface area contributed by atoms with Crippen LogP contribution in [0, 0.1) is 11.2 Å². The number of benzene rings is 1. The molecule has 6 rings (SSSR count). The van der Waals surface area contributed by atoms with Gasteiger partial charge >= 0.3 is 6.18 Å². The molecule has 178 valence electrons. The van der Waals surface area contributed by atoms with Crippen LogP contribution in [0.15, 0.2) is 30.7 Å². The van der Waals surface area contributed by atoms with Gasteiger partial charge in [0.05, 0.1) is 25.0 Å². The highest BCUT2D eigenvalue weighted by molar-refractivity contribution is 6.30. The fourth-order valence-electron chi connectivity index (χ4n) is 5.60. The molecule has 0 atom stereocenters. The molecule has 0 radical (unpaired) electrons. The van der Waals surface area contributed by atoms with Crippen molar-refractivity contribution in [1.29, 1.82) is 0 Å². The Bertz CT molecular complexity index is 1250. The molecule has 0 N–H and O–H groups in total. The van der Waals surface area contributed by atoms with Crippen LogP contribution < -0.4 is 4.90 Å². The predicted molar refractivity (Wildman–Crippen MR) is 115 cm³/mol. The largest absolute Gasteiger partial charge is 0.401 e. The van der Waals surface area contributed by atoms with Gasteiger partial charge in [-0.25, -0.2) is 14.4 Å². The van der Waals surface area contributed by atoms with Crippen LogP contribution in [0.2, 0.25) is 5.02 Å². The normalized spacial score (nSPS) is 19.9. The Morgan fingerprint density at radius 2 is 1.91 bits per heavy atom. The Balaban J connectivity index is 1.25. The molecule has 34 heavy (non-hydrogen) atoms. The quantitative estimate of drug-likeness (QED) is 0.512. The van der Waals surface area contributed by atoms with Gasteiger partial charge in [-0.2, -0.15) is 13.2 Å². The zero-order valence-electron chi connectivity index (χ0n) is 17.9. The van der Waals surface area contributed by atoms with Crippen molar-refractivity contribution in [3.05, 3.63) is 58.8 Å². The summed E-state index contributed by atoms with van der Waals surface area (Å²) in [6.07, 6.45) is -0.123. The Kier molecular flexibility index (Phi) is 4.86. The summed E-state index contributed by atoms with van der Waals surface area (Å²) in [4.78, 5) is 11.0. The van der Waals surface area contributed by atoms with E-state index in [2.05, 4.69) is 20.2 Å². The molecule has 1 aliphatic carbocycles. The molecule has 7 nitrogen and oxygen atoms in total. The van der Waals surface area contributed by atoms with E-state index in [1.165, 1.54) is 11.2 Å². The molecule has 2 aliphatic heterocycles. The lowest BCUT2D eigenvalue weighted by atomic mass is 9.57. The van der Waals surface area contributed by atoms with E-state index >= 15 is 0 Å². The summed E-state index contributed by atoms with van der Waals surface area (Å²) < 4.78 is 55.4. The summed E-state index contributed by atoms with van der Waals surface area (Å²) in [5.41, 5.74) is 1.53. The molecule has 3 aliphatic rings. The van der Waals surface area contributed by atoms with Gasteiger partial charge in [0, 0.05) is 36.0 Å². The first kappa shape index (κ1) is 21.7. The van der Waals surface area contributed by atoms with Crippen molar-refractivity contribution in [3.63, 3.8) is 0 Å². The third-order valence-electron chi connectivity index (χ3n) is 6.92. The zero-order valence-corrected chi connectivity index (χ0v) is 18.7. The lowest BCUT2D eigenvalue weighted by Gasteiger charge is -2.59. The molecule has 4 heterocycles. The van der Waals surface area contributed by atoms with Crippen molar-refractivity contribution < 1.29 is 17.6 Å². The summed E-state index contributed by atoms with van der Waals surface area (Å²) in [7, 11) is 0. The maximum Gasteiger partial charge on any atom is 0.401 e. The number of hydrogen-bond acceptors (Lipinski definition) is 6. The molecule has 3 aromatic rings. The van der Waals surface area contributed by atoms with E-state index in [0.717, 1.165) is 30.6 Å². The minimum absolute atomic E-state index is 0.0391. The van der Waals surface area contributed by atoms with Crippen molar-refractivity contribution in [1.82, 2.24) is 29.6 Å². The average Bonchev–Trinajstić information content (AvgIpc) is 3.02. The number of anilines is 1. The number of aromatic nitrogens is 5. The molecule has 1 saturated carbocycles. The topological polar surface area (TPSA) is 63.0 Å². The van der Waals surface area contributed by atoms with Crippen LogP contribution in [-0.4, -0.2) is 55.4 Å². The van der Waals surface area contributed by atoms with Crippen LogP contribution in [0.25, 0.3) is 5.69 Å². The van der Waals surface area contributed by atoms with Gasteiger partial charge in [-0.3, -0.25) is 9.47 Å². The van der Waals surface area contributed by atoms with Crippen LogP contribution >= 0.6 is 11.6 Å². The van der Waals surface area contributed by atoms with Gasteiger partial charge < -0.3 is 4.90 Å². The molecule has 12 heteroatoms. The minimum Gasteiger partial charge on any atom is -0.353 e. The second-order valence-corrected chi connectivity index (χ2v) is 9.94. The summed E-state index contributed by atoms with van der Waals surface area (Å²) in [6, 6.07) is 5.26. The van der Waals surface area contributed by atoms with Gasteiger partial charge in [0.1, 0.15) is 12.2 Å². The molecule has 1 spiro atoms.